The van der Waals surface area contributed by atoms with Gasteiger partial charge in [-0.25, -0.2) is 0 Å². The third-order valence-electron chi connectivity index (χ3n) is 7.71. The highest BCUT2D eigenvalue weighted by atomic mass is 35.5. The Morgan fingerprint density at radius 2 is 1.15 bits per heavy atom. The van der Waals surface area contributed by atoms with Gasteiger partial charge in [-0.1, -0.05) is 107 Å². The Hall–Kier alpha value is -0.346. The van der Waals surface area contributed by atoms with Crippen LogP contribution < -0.4 is 0 Å². The summed E-state index contributed by atoms with van der Waals surface area (Å²) in [7, 11) is -3.60. The second-order valence-electron chi connectivity index (χ2n) is 12.8. The van der Waals surface area contributed by atoms with Crippen LogP contribution in [0.2, 0.25) is 56.4 Å². The van der Waals surface area contributed by atoms with E-state index >= 15 is 0 Å². The summed E-state index contributed by atoms with van der Waals surface area (Å²) in [4.78, 5) is 0. The monoisotopic (exact) mass is 650 g/mol. The average Bonchev–Trinajstić information content (AvgIpc) is 2.80. The van der Waals surface area contributed by atoms with E-state index in [0.29, 0.717) is 39.7 Å². The van der Waals surface area contributed by atoms with Crippen molar-refractivity contribution in [2.24, 2.45) is 0 Å². The van der Waals surface area contributed by atoms with E-state index in [1.807, 2.05) is 18.2 Å². The fraction of sp³-hybridized carbons (Fsp3) is 0.533. The highest BCUT2D eigenvalue weighted by Crippen LogP contribution is 2.39. The van der Waals surface area contributed by atoms with Crippen molar-refractivity contribution in [3.8, 4) is 0 Å². The van der Waals surface area contributed by atoms with Crippen LogP contribution in [-0.4, -0.2) is 28.3 Å². The molecule has 2 aromatic rings. The maximum atomic E-state index is 9.04. The van der Waals surface area contributed by atoms with Crippen LogP contribution >= 0.6 is 46.4 Å². The van der Waals surface area contributed by atoms with Gasteiger partial charge in [0.1, 0.15) is 0 Å². The van der Waals surface area contributed by atoms with E-state index in [-0.39, 0.29) is 16.7 Å². The van der Waals surface area contributed by atoms with E-state index < -0.39 is 16.6 Å². The summed E-state index contributed by atoms with van der Waals surface area (Å²) in [6.07, 6.45) is 2.34. The molecule has 0 aromatic heterocycles. The third-order valence-corrected chi connectivity index (χ3v) is 18.4. The van der Waals surface area contributed by atoms with Crippen LogP contribution in [-0.2, 0) is 28.5 Å². The average molecular weight is 653 g/mol. The fourth-order valence-electron chi connectivity index (χ4n) is 2.93. The summed E-state index contributed by atoms with van der Waals surface area (Å²) < 4.78 is 12.4. The molecule has 9 heteroatoms. The highest BCUT2D eigenvalue weighted by molar-refractivity contribution is 6.74. The minimum Gasteiger partial charge on any atom is -0.413 e. The van der Waals surface area contributed by atoms with Crippen molar-refractivity contribution < 1.29 is 14.0 Å². The van der Waals surface area contributed by atoms with Crippen molar-refractivity contribution in [1.82, 2.24) is 0 Å². The molecule has 0 aliphatic heterocycles. The van der Waals surface area contributed by atoms with Crippen molar-refractivity contribution in [2.75, 3.05) is 6.61 Å². The van der Waals surface area contributed by atoms with Crippen LogP contribution in [0.25, 0.3) is 6.08 Å². The quantitative estimate of drug-likeness (QED) is 0.274. The molecule has 0 spiro atoms. The molecule has 39 heavy (non-hydrogen) atoms. The lowest BCUT2D eigenvalue weighted by atomic mass is 10.1. The molecule has 0 radical (unpaired) electrons. The number of aliphatic hydroxyl groups is 1. The molecule has 0 bridgehead atoms. The number of hydrogen-bond acceptors (Lipinski definition) is 3. The van der Waals surface area contributed by atoms with Gasteiger partial charge in [0.2, 0.25) is 0 Å². The summed E-state index contributed by atoms with van der Waals surface area (Å²) in [5, 5.41) is 11.6. The molecular weight excluding hydrogens is 606 g/mol. The largest absolute Gasteiger partial charge is 0.413 e. The zero-order valence-electron chi connectivity index (χ0n) is 25.2. The van der Waals surface area contributed by atoms with Gasteiger partial charge in [-0.2, -0.15) is 0 Å². The summed E-state index contributed by atoms with van der Waals surface area (Å²) in [5.41, 5.74) is 3.76. The standard InChI is InChI=1S/C15H24Cl2O2Si.C15H22Cl2OSi/c1-15(2,3)20(4,5)19-10-12-8-11(6-7-18)9-13(16)14(12)17;1-7-11-8-12(14(17)13(16)9-11)10-18-19(5,6)15(2,3)4/h8-9,18H,6-7,10H2,1-5H3;7-9H,1,10H2,2-6H3. The molecule has 0 heterocycles. The molecule has 220 valence electrons. The predicted octanol–water partition coefficient (Wildman–Crippen LogP) is 11.2. The van der Waals surface area contributed by atoms with Gasteiger partial charge < -0.3 is 14.0 Å². The van der Waals surface area contributed by atoms with E-state index in [0.717, 1.165) is 22.3 Å². The minimum absolute atomic E-state index is 0.0977. The Morgan fingerprint density at radius 3 is 1.54 bits per heavy atom. The topological polar surface area (TPSA) is 38.7 Å². The molecule has 0 aliphatic carbocycles. The molecule has 2 aromatic carbocycles. The maximum Gasteiger partial charge on any atom is 0.192 e. The second kappa shape index (κ2) is 14.7. The smallest absolute Gasteiger partial charge is 0.192 e. The normalized spacial score (nSPS) is 12.7. The number of benzene rings is 2. The Bertz CT molecular complexity index is 1120. The van der Waals surface area contributed by atoms with Gasteiger partial charge in [-0.15, -0.1) is 0 Å². The Balaban J connectivity index is 0.000000391. The van der Waals surface area contributed by atoms with E-state index in [9.17, 15) is 0 Å². The van der Waals surface area contributed by atoms with Crippen molar-refractivity contribution in [3.05, 3.63) is 73.2 Å². The van der Waals surface area contributed by atoms with Gasteiger partial charge in [-0.3, -0.25) is 0 Å². The number of hydrogen-bond donors (Lipinski definition) is 1. The van der Waals surface area contributed by atoms with E-state index in [1.54, 1.807) is 12.1 Å². The molecule has 0 amide bonds. The molecule has 3 nitrogen and oxygen atoms in total. The molecule has 2 rings (SSSR count). The number of rotatable bonds is 9. The predicted molar refractivity (Wildman–Crippen MR) is 178 cm³/mol. The Labute approximate surface area is 259 Å². The molecular formula is C30H46Cl4O3Si2. The van der Waals surface area contributed by atoms with Crippen LogP contribution in [0, 0.1) is 0 Å². The first-order valence-electron chi connectivity index (χ1n) is 13.1. The van der Waals surface area contributed by atoms with Crippen LogP contribution in [0.3, 0.4) is 0 Å². The first kappa shape index (κ1) is 36.7. The van der Waals surface area contributed by atoms with E-state index in [4.69, 9.17) is 60.4 Å². The summed E-state index contributed by atoms with van der Waals surface area (Å²) in [6.45, 7) is 26.9. The van der Waals surface area contributed by atoms with Crippen molar-refractivity contribution in [2.45, 2.75) is 97.4 Å². The molecule has 1 N–H and O–H groups in total. The van der Waals surface area contributed by atoms with Crippen LogP contribution in [0.15, 0.2) is 30.8 Å². The van der Waals surface area contributed by atoms with E-state index in [2.05, 4.69) is 74.3 Å². The molecule has 0 unspecified atom stereocenters. The van der Waals surface area contributed by atoms with Crippen molar-refractivity contribution in [3.63, 3.8) is 0 Å². The molecule has 0 aliphatic rings. The van der Waals surface area contributed by atoms with Gasteiger partial charge >= 0.3 is 0 Å². The van der Waals surface area contributed by atoms with Crippen molar-refractivity contribution >= 4 is 69.1 Å². The lowest BCUT2D eigenvalue weighted by molar-refractivity contribution is 0.276. The zero-order chi connectivity index (χ0) is 30.4. The molecule has 0 saturated carbocycles. The first-order chi connectivity index (χ1) is 17.7. The Morgan fingerprint density at radius 1 is 0.744 bits per heavy atom. The van der Waals surface area contributed by atoms with Gasteiger partial charge in [0.05, 0.1) is 33.3 Å². The van der Waals surface area contributed by atoms with Crippen molar-refractivity contribution in [1.29, 1.82) is 0 Å². The SMILES string of the molecule is C=Cc1cc(Cl)c(Cl)c(CO[Si](C)(C)C(C)(C)C)c1.CC(C)(C)[Si](C)(C)OCc1cc(CCO)cc(Cl)c1Cl. The number of halogens is 4. The van der Waals surface area contributed by atoms with Gasteiger partial charge in [0, 0.05) is 6.61 Å². The third kappa shape index (κ3) is 10.8. The lowest BCUT2D eigenvalue weighted by Gasteiger charge is -2.36. The van der Waals surface area contributed by atoms with Gasteiger partial charge in [0.15, 0.2) is 16.6 Å². The van der Waals surface area contributed by atoms with E-state index in [1.165, 1.54) is 0 Å². The van der Waals surface area contributed by atoms with Crippen LogP contribution in [0.5, 0.6) is 0 Å². The fourth-order valence-corrected chi connectivity index (χ4v) is 5.66. The molecule has 0 fully saturated rings. The highest BCUT2D eigenvalue weighted by Gasteiger charge is 2.38. The first-order valence-corrected chi connectivity index (χ1v) is 20.5. The molecule has 0 atom stereocenters. The molecule has 0 saturated heterocycles. The zero-order valence-corrected chi connectivity index (χ0v) is 30.2. The van der Waals surface area contributed by atoms with Gasteiger partial charge in [-0.05, 0) is 83.1 Å². The summed E-state index contributed by atoms with van der Waals surface area (Å²) in [6, 6.07) is 7.56. The summed E-state index contributed by atoms with van der Waals surface area (Å²) >= 11 is 24.7. The Kier molecular flexibility index (Phi) is 13.8. The lowest BCUT2D eigenvalue weighted by Crippen LogP contribution is -2.40. The van der Waals surface area contributed by atoms with Gasteiger partial charge in [0.25, 0.3) is 0 Å². The van der Waals surface area contributed by atoms with Crippen LogP contribution in [0.4, 0.5) is 0 Å². The maximum absolute atomic E-state index is 9.04. The number of aliphatic hydroxyl groups excluding tert-OH is 1. The summed E-state index contributed by atoms with van der Waals surface area (Å²) in [5.74, 6) is 0. The second-order valence-corrected chi connectivity index (χ2v) is 24.0. The minimum atomic E-state index is -1.81. The van der Waals surface area contributed by atoms with Crippen LogP contribution in [0.1, 0.15) is 63.8 Å².